The van der Waals surface area contributed by atoms with Crippen molar-refractivity contribution in [3.63, 3.8) is 0 Å². The summed E-state index contributed by atoms with van der Waals surface area (Å²) in [5.41, 5.74) is -1.08. The van der Waals surface area contributed by atoms with Crippen LogP contribution in [0.1, 0.15) is 38.5 Å². The Morgan fingerprint density at radius 1 is 1.22 bits per heavy atom. The van der Waals surface area contributed by atoms with Crippen molar-refractivity contribution >= 4 is 12.0 Å². The number of ether oxygens (including phenoxy) is 1. The molecule has 2 aliphatic rings. The number of hydrogen-bond acceptors (Lipinski definition) is 3. The number of amides is 2. The lowest BCUT2D eigenvalue weighted by Crippen LogP contribution is -2.59. The second kappa shape index (κ2) is 5.56. The molecule has 0 aromatic heterocycles. The van der Waals surface area contributed by atoms with E-state index in [-0.39, 0.29) is 6.04 Å². The molecule has 0 radical (unpaired) electrons. The molecule has 1 saturated carbocycles. The van der Waals surface area contributed by atoms with E-state index in [4.69, 9.17) is 4.74 Å². The van der Waals surface area contributed by atoms with Gasteiger partial charge in [-0.25, -0.2) is 9.59 Å². The van der Waals surface area contributed by atoms with Gasteiger partial charge in [-0.2, -0.15) is 0 Å². The summed E-state index contributed by atoms with van der Waals surface area (Å²) in [6.45, 7) is 1.16. The van der Waals surface area contributed by atoms with E-state index >= 15 is 0 Å². The van der Waals surface area contributed by atoms with Crippen LogP contribution in [0.25, 0.3) is 0 Å². The zero-order chi connectivity index (χ0) is 13.0. The molecule has 6 nitrogen and oxygen atoms in total. The van der Waals surface area contributed by atoms with Crippen molar-refractivity contribution < 1.29 is 19.4 Å². The van der Waals surface area contributed by atoms with Crippen molar-refractivity contribution in [2.24, 2.45) is 0 Å². The van der Waals surface area contributed by atoms with Crippen molar-refractivity contribution in [2.45, 2.75) is 50.1 Å². The van der Waals surface area contributed by atoms with Crippen LogP contribution in [0, 0.1) is 0 Å². The first-order valence-corrected chi connectivity index (χ1v) is 6.52. The van der Waals surface area contributed by atoms with Gasteiger partial charge in [-0.05, 0) is 19.3 Å². The summed E-state index contributed by atoms with van der Waals surface area (Å²) in [7, 11) is 0. The minimum atomic E-state index is -1.08. The SMILES string of the molecule is O=C(NC1CCOC1)NC1(C(=O)O)CCCCC1. The van der Waals surface area contributed by atoms with Crippen molar-refractivity contribution in [2.75, 3.05) is 13.2 Å². The van der Waals surface area contributed by atoms with E-state index < -0.39 is 17.5 Å². The molecule has 1 unspecified atom stereocenters. The fourth-order valence-corrected chi connectivity index (χ4v) is 2.63. The molecule has 0 aromatic rings. The number of carbonyl (C=O) groups is 2. The van der Waals surface area contributed by atoms with Crippen LogP contribution in [-0.2, 0) is 9.53 Å². The van der Waals surface area contributed by atoms with Crippen LogP contribution >= 0.6 is 0 Å². The Hall–Kier alpha value is -1.30. The van der Waals surface area contributed by atoms with E-state index in [9.17, 15) is 14.7 Å². The number of carbonyl (C=O) groups excluding carboxylic acids is 1. The fraction of sp³-hybridized carbons (Fsp3) is 0.833. The summed E-state index contributed by atoms with van der Waals surface area (Å²) >= 11 is 0. The first-order chi connectivity index (χ1) is 8.62. The van der Waals surface area contributed by atoms with Gasteiger partial charge in [0.1, 0.15) is 5.54 Å². The predicted octanol–water partition coefficient (Wildman–Crippen LogP) is 0.862. The van der Waals surface area contributed by atoms with Gasteiger partial charge >= 0.3 is 12.0 Å². The Kier molecular flexibility index (Phi) is 4.06. The predicted molar refractivity (Wildman–Crippen MR) is 64.3 cm³/mol. The summed E-state index contributed by atoms with van der Waals surface area (Å²) in [4.78, 5) is 23.2. The third-order valence-electron chi connectivity index (χ3n) is 3.73. The van der Waals surface area contributed by atoms with Gasteiger partial charge in [0, 0.05) is 6.61 Å². The zero-order valence-corrected chi connectivity index (χ0v) is 10.4. The summed E-state index contributed by atoms with van der Waals surface area (Å²) in [5.74, 6) is -0.931. The Morgan fingerprint density at radius 2 is 1.94 bits per heavy atom. The Bertz CT molecular complexity index is 320. The molecule has 0 aromatic carbocycles. The lowest BCUT2D eigenvalue weighted by molar-refractivity contribution is -0.145. The van der Waals surface area contributed by atoms with Crippen molar-refractivity contribution in [3.05, 3.63) is 0 Å². The lowest BCUT2D eigenvalue weighted by Gasteiger charge is -2.34. The van der Waals surface area contributed by atoms with E-state index in [1.165, 1.54) is 0 Å². The van der Waals surface area contributed by atoms with Crippen LogP contribution < -0.4 is 10.6 Å². The molecule has 1 aliphatic heterocycles. The molecule has 1 saturated heterocycles. The normalized spacial score (nSPS) is 26.6. The van der Waals surface area contributed by atoms with Crippen LogP contribution in [0.4, 0.5) is 4.79 Å². The lowest BCUT2D eigenvalue weighted by atomic mass is 9.82. The van der Waals surface area contributed by atoms with Gasteiger partial charge in [-0.15, -0.1) is 0 Å². The number of aliphatic carboxylic acids is 1. The minimum absolute atomic E-state index is 0.000523. The quantitative estimate of drug-likeness (QED) is 0.699. The van der Waals surface area contributed by atoms with Gasteiger partial charge < -0.3 is 20.5 Å². The monoisotopic (exact) mass is 256 g/mol. The van der Waals surface area contributed by atoms with Gasteiger partial charge in [0.15, 0.2) is 0 Å². The van der Waals surface area contributed by atoms with Crippen LogP contribution in [0.2, 0.25) is 0 Å². The molecule has 0 bridgehead atoms. The highest BCUT2D eigenvalue weighted by atomic mass is 16.5. The van der Waals surface area contributed by atoms with Gasteiger partial charge in [0.05, 0.1) is 12.6 Å². The molecule has 102 valence electrons. The van der Waals surface area contributed by atoms with E-state index in [1.54, 1.807) is 0 Å². The Morgan fingerprint density at radius 3 is 2.50 bits per heavy atom. The van der Waals surface area contributed by atoms with E-state index in [0.717, 1.165) is 25.7 Å². The van der Waals surface area contributed by atoms with Crippen LogP contribution in [0.15, 0.2) is 0 Å². The number of carboxylic acid groups (broad SMARTS) is 1. The largest absolute Gasteiger partial charge is 0.480 e. The van der Waals surface area contributed by atoms with Gasteiger partial charge in [0.2, 0.25) is 0 Å². The number of urea groups is 1. The highest BCUT2D eigenvalue weighted by molar-refractivity contribution is 5.86. The van der Waals surface area contributed by atoms with Gasteiger partial charge in [-0.3, -0.25) is 0 Å². The minimum Gasteiger partial charge on any atom is -0.480 e. The standard InChI is InChI=1S/C12H20N2O4/c15-10(16)12(5-2-1-3-6-12)14-11(17)13-9-4-7-18-8-9/h9H,1-8H2,(H,15,16)(H2,13,14,17). The number of carboxylic acids is 1. The topological polar surface area (TPSA) is 87.7 Å². The molecule has 1 atom stereocenters. The zero-order valence-electron chi connectivity index (χ0n) is 10.4. The summed E-state index contributed by atoms with van der Waals surface area (Å²) in [6, 6.07) is -0.394. The maximum Gasteiger partial charge on any atom is 0.329 e. The summed E-state index contributed by atoms with van der Waals surface area (Å²) in [5, 5.41) is 14.8. The molecule has 3 N–H and O–H groups in total. The maximum absolute atomic E-state index is 11.8. The Labute approximate surface area is 106 Å². The molecule has 6 heteroatoms. The number of rotatable bonds is 3. The van der Waals surface area contributed by atoms with E-state index in [0.29, 0.717) is 26.1 Å². The molecule has 1 aliphatic carbocycles. The van der Waals surface area contributed by atoms with Crippen LogP contribution in [0.3, 0.4) is 0 Å². The molecule has 2 amide bonds. The highest BCUT2D eigenvalue weighted by Gasteiger charge is 2.41. The molecule has 1 heterocycles. The molecular weight excluding hydrogens is 236 g/mol. The van der Waals surface area contributed by atoms with Crippen LogP contribution in [0.5, 0.6) is 0 Å². The van der Waals surface area contributed by atoms with Crippen molar-refractivity contribution in [3.8, 4) is 0 Å². The maximum atomic E-state index is 11.8. The highest BCUT2D eigenvalue weighted by Crippen LogP contribution is 2.28. The van der Waals surface area contributed by atoms with Crippen molar-refractivity contribution in [1.82, 2.24) is 10.6 Å². The third kappa shape index (κ3) is 2.93. The summed E-state index contributed by atoms with van der Waals surface area (Å²) in [6.07, 6.45) is 4.54. The van der Waals surface area contributed by atoms with Crippen molar-refractivity contribution in [1.29, 1.82) is 0 Å². The third-order valence-corrected chi connectivity index (χ3v) is 3.73. The fourth-order valence-electron chi connectivity index (χ4n) is 2.63. The number of nitrogens with one attached hydrogen (secondary N) is 2. The van der Waals surface area contributed by atoms with E-state index in [1.807, 2.05) is 0 Å². The first kappa shape index (κ1) is 13.1. The smallest absolute Gasteiger partial charge is 0.329 e. The average molecular weight is 256 g/mol. The second-order valence-electron chi connectivity index (χ2n) is 5.11. The Balaban J connectivity index is 1.91. The van der Waals surface area contributed by atoms with E-state index in [2.05, 4.69) is 10.6 Å². The van der Waals surface area contributed by atoms with Gasteiger partial charge in [-0.1, -0.05) is 19.3 Å². The number of hydrogen-bond donors (Lipinski definition) is 3. The second-order valence-corrected chi connectivity index (χ2v) is 5.11. The first-order valence-electron chi connectivity index (χ1n) is 6.52. The molecule has 2 fully saturated rings. The molecule has 18 heavy (non-hydrogen) atoms. The van der Waals surface area contributed by atoms with Crippen LogP contribution in [-0.4, -0.2) is 41.9 Å². The summed E-state index contributed by atoms with van der Waals surface area (Å²) < 4.78 is 5.16. The molecule has 0 spiro atoms. The molecular formula is C12H20N2O4. The molecule has 2 rings (SSSR count). The van der Waals surface area contributed by atoms with Gasteiger partial charge in [0.25, 0.3) is 0 Å². The average Bonchev–Trinajstić information content (AvgIpc) is 2.82.